The van der Waals surface area contributed by atoms with E-state index in [9.17, 15) is 8.42 Å². The van der Waals surface area contributed by atoms with Crippen LogP contribution in [0, 0.1) is 0 Å². The van der Waals surface area contributed by atoms with Crippen LogP contribution in [0.5, 0.6) is 0 Å². The summed E-state index contributed by atoms with van der Waals surface area (Å²) in [7, 11) is -3.66. The molecule has 1 fully saturated rings. The number of rotatable bonds is 4. The first-order valence-electron chi connectivity index (χ1n) is 7.36. The van der Waals surface area contributed by atoms with Gasteiger partial charge in [0.2, 0.25) is 10.0 Å². The molecule has 2 aromatic carbocycles. The fraction of sp³-hybridized carbons (Fsp3) is 0.294. The third-order valence-electron chi connectivity index (χ3n) is 4.61. The van der Waals surface area contributed by atoms with E-state index in [1.165, 1.54) is 5.56 Å². The third kappa shape index (κ3) is 2.67. The van der Waals surface area contributed by atoms with Crippen LogP contribution >= 0.6 is 0 Å². The molecule has 0 bridgehead atoms. The van der Waals surface area contributed by atoms with Gasteiger partial charge in [0.25, 0.3) is 0 Å². The molecule has 4 N–H and O–H groups in total. The minimum absolute atomic E-state index is 0.101. The van der Waals surface area contributed by atoms with E-state index in [2.05, 4.69) is 19.1 Å². The van der Waals surface area contributed by atoms with Crippen molar-refractivity contribution < 1.29 is 8.42 Å². The quantitative estimate of drug-likeness (QED) is 0.909. The zero-order chi connectivity index (χ0) is 16.0. The Kier molecular flexibility index (Phi) is 3.59. The van der Waals surface area contributed by atoms with E-state index in [4.69, 9.17) is 10.9 Å². The standard InChI is InChI=1S/C17H20N2O2S/c1-2-17(18)11-16(17)15-6-4-3-5-14(15)12-7-9-13(10-8-12)22(19,20)21/h3-10,16H,2,11,18H2,1H3,(H2,19,20,21)/t16-,17+/m0/s1. The molecule has 1 saturated carbocycles. The molecule has 2 aromatic rings. The Morgan fingerprint density at radius 1 is 1.14 bits per heavy atom. The summed E-state index contributed by atoms with van der Waals surface area (Å²) in [5.41, 5.74) is 9.57. The van der Waals surface area contributed by atoms with Gasteiger partial charge in [-0.15, -0.1) is 0 Å². The highest BCUT2D eigenvalue weighted by Gasteiger charge is 2.50. The summed E-state index contributed by atoms with van der Waals surface area (Å²) in [6.45, 7) is 2.11. The molecule has 0 spiro atoms. The van der Waals surface area contributed by atoms with Gasteiger partial charge in [-0.3, -0.25) is 0 Å². The van der Waals surface area contributed by atoms with Crippen LogP contribution in [-0.4, -0.2) is 14.0 Å². The first-order chi connectivity index (χ1) is 10.3. The van der Waals surface area contributed by atoms with Crippen molar-refractivity contribution in [2.45, 2.75) is 36.1 Å². The van der Waals surface area contributed by atoms with E-state index < -0.39 is 10.0 Å². The van der Waals surface area contributed by atoms with Crippen molar-refractivity contribution in [3.05, 3.63) is 54.1 Å². The highest BCUT2D eigenvalue weighted by Crippen LogP contribution is 2.53. The van der Waals surface area contributed by atoms with E-state index >= 15 is 0 Å². The van der Waals surface area contributed by atoms with Gasteiger partial charge in [-0.2, -0.15) is 0 Å². The van der Waals surface area contributed by atoms with Gasteiger partial charge >= 0.3 is 0 Å². The number of hydrogen-bond acceptors (Lipinski definition) is 3. The van der Waals surface area contributed by atoms with Gasteiger partial charge in [0.05, 0.1) is 4.90 Å². The van der Waals surface area contributed by atoms with Gasteiger partial charge in [-0.1, -0.05) is 43.3 Å². The van der Waals surface area contributed by atoms with E-state index in [1.54, 1.807) is 24.3 Å². The molecule has 22 heavy (non-hydrogen) atoms. The summed E-state index contributed by atoms with van der Waals surface area (Å²) in [6, 6.07) is 14.8. The van der Waals surface area contributed by atoms with Crippen molar-refractivity contribution in [1.82, 2.24) is 0 Å². The lowest BCUT2D eigenvalue weighted by Crippen LogP contribution is -2.22. The topological polar surface area (TPSA) is 86.2 Å². The lowest BCUT2D eigenvalue weighted by molar-refractivity contribution is 0.598. The van der Waals surface area contributed by atoms with Crippen molar-refractivity contribution >= 4 is 10.0 Å². The summed E-state index contributed by atoms with van der Waals surface area (Å²) >= 11 is 0. The Balaban J connectivity index is 2.00. The molecule has 0 amide bonds. The smallest absolute Gasteiger partial charge is 0.238 e. The Bertz CT molecular complexity index is 800. The average molecular weight is 316 g/mol. The molecule has 0 aromatic heterocycles. The maximum Gasteiger partial charge on any atom is 0.238 e. The van der Waals surface area contributed by atoms with E-state index in [0.717, 1.165) is 24.0 Å². The number of primary sulfonamides is 1. The van der Waals surface area contributed by atoms with Gasteiger partial charge in [0, 0.05) is 11.5 Å². The third-order valence-corrected chi connectivity index (χ3v) is 5.54. The molecule has 0 saturated heterocycles. The lowest BCUT2D eigenvalue weighted by atomic mass is 9.94. The van der Waals surface area contributed by atoms with Crippen LogP contribution in [0.25, 0.3) is 11.1 Å². The number of hydrogen-bond donors (Lipinski definition) is 2. The van der Waals surface area contributed by atoms with Crippen LogP contribution in [0.1, 0.15) is 31.2 Å². The fourth-order valence-electron chi connectivity index (χ4n) is 3.02. The maximum atomic E-state index is 11.4. The van der Waals surface area contributed by atoms with Crippen molar-refractivity contribution in [1.29, 1.82) is 0 Å². The molecule has 116 valence electrons. The molecule has 0 heterocycles. The molecular weight excluding hydrogens is 296 g/mol. The largest absolute Gasteiger partial charge is 0.325 e. The Morgan fingerprint density at radius 2 is 1.77 bits per heavy atom. The fourth-order valence-corrected chi connectivity index (χ4v) is 3.53. The monoisotopic (exact) mass is 316 g/mol. The summed E-state index contributed by atoms with van der Waals surface area (Å²) in [4.78, 5) is 0.127. The second kappa shape index (κ2) is 5.19. The van der Waals surface area contributed by atoms with Crippen LogP contribution in [0.2, 0.25) is 0 Å². The Hall–Kier alpha value is -1.69. The molecule has 0 unspecified atom stereocenters. The molecule has 2 atom stereocenters. The molecule has 0 aliphatic heterocycles. The van der Waals surface area contributed by atoms with Crippen LogP contribution < -0.4 is 10.9 Å². The molecule has 3 rings (SSSR count). The normalized spacial score (nSPS) is 24.2. The number of benzene rings is 2. The molecule has 4 nitrogen and oxygen atoms in total. The van der Waals surface area contributed by atoms with E-state index in [-0.39, 0.29) is 10.4 Å². The lowest BCUT2D eigenvalue weighted by Gasteiger charge is -2.13. The second-order valence-corrected chi connectivity index (χ2v) is 7.56. The van der Waals surface area contributed by atoms with Crippen molar-refractivity contribution in [3.8, 4) is 11.1 Å². The zero-order valence-corrected chi connectivity index (χ0v) is 13.3. The molecule has 0 radical (unpaired) electrons. The summed E-state index contributed by atoms with van der Waals surface area (Å²) in [6.07, 6.45) is 1.95. The minimum Gasteiger partial charge on any atom is -0.325 e. The molecule has 1 aliphatic carbocycles. The summed E-state index contributed by atoms with van der Waals surface area (Å²) in [5, 5.41) is 5.14. The van der Waals surface area contributed by atoms with Crippen LogP contribution in [0.15, 0.2) is 53.4 Å². The van der Waals surface area contributed by atoms with Gasteiger partial charge in [0.15, 0.2) is 0 Å². The van der Waals surface area contributed by atoms with Gasteiger partial charge in [0.1, 0.15) is 0 Å². The highest BCUT2D eigenvalue weighted by atomic mass is 32.2. The van der Waals surface area contributed by atoms with E-state index in [0.29, 0.717) is 5.92 Å². The molecular formula is C17H20N2O2S. The predicted octanol–water partition coefficient (Wildman–Crippen LogP) is 2.60. The first kappa shape index (κ1) is 15.2. The number of sulfonamides is 1. The van der Waals surface area contributed by atoms with Gasteiger partial charge < -0.3 is 5.73 Å². The Morgan fingerprint density at radius 3 is 2.32 bits per heavy atom. The van der Waals surface area contributed by atoms with Gasteiger partial charge in [-0.25, -0.2) is 13.6 Å². The maximum absolute atomic E-state index is 11.4. The van der Waals surface area contributed by atoms with Gasteiger partial charge in [-0.05, 0) is 41.7 Å². The van der Waals surface area contributed by atoms with Crippen molar-refractivity contribution in [2.75, 3.05) is 0 Å². The summed E-state index contributed by atoms with van der Waals surface area (Å²) < 4.78 is 22.7. The highest BCUT2D eigenvalue weighted by molar-refractivity contribution is 7.89. The van der Waals surface area contributed by atoms with Crippen LogP contribution in [0.3, 0.4) is 0 Å². The molecule has 1 aliphatic rings. The predicted molar refractivity (Wildman–Crippen MR) is 87.8 cm³/mol. The Labute approximate surface area is 131 Å². The van der Waals surface area contributed by atoms with Crippen LogP contribution in [0.4, 0.5) is 0 Å². The number of nitrogens with two attached hydrogens (primary N) is 2. The molecule has 5 heteroatoms. The average Bonchev–Trinajstić information content (AvgIpc) is 3.19. The summed E-state index contributed by atoms with van der Waals surface area (Å²) in [5.74, 6) is 0.367. The minimum atomic E-state index is -3.66. The first-order valence-corrected chi connectivity index (χ1v) is 8.91. The SMILES string of the molecule is CC[C@@]1(N)C[C@H]1c1ccccc1-c1ccc(S(N)(=O)=O)cc1. The van der Waals surface area contributed by atoms with Crippen molar-refractivity contribution in [2.24, 2.45) is 10.9 Å². The van der Waals surface area contributed by atoms with E-state index in [1.807, 2.05) is 12.1 Å². The second-order valence-electron chi connectivity index (χ2n) is 6.00. The van der Waals surface area contributed by atoms with Crippen molar-refractivity contribution in [3.63, 3.8) is 0 Å². The zero-order valence-electron chi connectivity index (χ0n) is 12.5. The van der Waals surface area contributed by atoms with Crippen LogP contribution in [-0.2, 0) is 10.0 Å².